The van der Waals surface area contributed by atoms with Crippen LogP contribution < -0.4 is 10.3 Å². The summed E-state index contributed by atoms with van der Waals surface area (Å²) < 4.78 is 19.5. The minimum absolute atomic E-state index is 0.00960. The maximum Gasteiger partial charge on any atom is 0.261 e. The summed E-state index contributed by atoms with van der Waals surface area (Å²) in [5.41, 5.74) is 2.24. The number of pyridine rings is 2. The molecule has 0 spiro atoms. The number of aryl methyl sites for hydroxylation is 1. The maximum atomic E-state index is 12.8. The topological polar surface area (TPSA) is 73.0 Å². The van der Waals surface area contributed by atoms with Crippen LogP contribution in [0.25, 0.3) is 22.1 Å². The number of rotatable bonds is 5. The molecule has 8 nitrogen and oxygen atoms in total. The molecule has 3 aromatic rings. The molecular formula is C25H34N4O4. The van der Waals surface area contributed by atoms with E-state index in [9.17, 15) is 4.79 Å². The lowest BCUT2D eigenvalue weighted by Gasteiger charge is -2.31. The summed E-state index contributed by atoms with van der Waals surface area (Å²) in [7, 11) is 3.91. The zero-order valence-corrected chi connectivity index (χ0v) is 20.0. The molecule has 1 unspecified atom stereocenters. The van der Waals surface area contributed by atoms with E-state index < -0.39 is 0 Å². The van der Waals surface area contributed by atoms with E-state index in [0.717, 1.165) is 49.5 Å². The summed E-state index contributed by atoms with van der Waals surface area (Å²) in [6.07, 6.45) is 6.14. The molecule has 0 saturated carbocycles. The molecule has 5 heterocycles. The van der Waals surface area contributed by atoms with Crippen molar-refractivity contribution in [3.8, 4) is 16.9 Å². The summed E-state index contributed by atoms with van der Waals surface area (Å²) in [5.74, 6) is 1.49. The quantitative estimate of drug-likeness (QED) is 0.586. The van der Waals surface area contributed by atoms with Crippen LogP contribution in [0.5, 0.6) is 5.75 Å². The fourth-order valence-corrected chi connectivity index (χ4v) is 4.28. The van der Waals surface area contributed by atoms with Gasteiger partial charge in [-0.1, -0.05) is 13.8 Å². The maximum absolute atomic E-state index is 12.8. The lowest BCUT2D eigenvalue weighted by atomic mass is 10.1. The molecule has 2 aliphatic heterocycles. The summed E-state index contributed by atoms with van der Waals surface area (Å²) in [6, 6.07) is 3.80. The molecule has 8 heteroatoms. The first-order valence-electron chi connectivity index (χ1n) is 11.8. The largest absolute Gasteiger partial charge is 0.486 e. The smallest absolute Gasteiger partial charge is 0.261 e. The normalized spacial score (nSPS) is 19.5. The van der Waals surface area contributed by atoms with Gasteiger partial charge in [0.2, 0.25) is 0 Å². The molecule has 0 aliphatic carbocycles. The van der Waals surface area contributed by atoms with E-state index in [-0.39, 0.29) is 11.7 Å². The Morgan fingerprint density at radius 1 is 1.15 bits per heavy atom. The number of fused-ring (bicyclic) bond motifs is 1. The van der Waals surface area contributed by atoms with E-state index in [0.29, 0.717) is 36.5 Å². The summed E-state index contributed by atoms with van der Waals surface area (Å²) in [4.78, 5) is 21.8. The van der Waals surface area contributed by atoms with Crippen molar-refractivity contribution in [2.45, 2.75) is 32.9 Å². The third-order valence-electron chi connectivity index (χ3n) is 6.13. The summed E-state index contributed by atoms with van der Waals surface area (Å²) >= 11 is 0. The van der Waals surface area contributed by atoms with Crippen molar-refractivity contribution in [1.29, 1.82) is 0 Å². The average Bonchev–Trinajstić information content (AvgIpc) is 3.50. The molecule has 2 fully saturated rings. The molecule has 178 valence electrons. The second-order valence-electron chi connectivity index (χ2n) is 8.47. The Morgan fingerprint density at radius 2 is 1.94 bits per heavy atom. The van der Waals surface area contributed by atoms with Crippen molar-refractivity contribution < 1.29 is 13.9 Å². The molecule has 0 bridgehead atoms. The highest BCUT2D eigenvalue weighted by molar-refractivity contribution is 5.93. The first kappa shape index (κ1) is 23.5. The van der Waals surface area contributed by atoms with Crippen LogP contribution in [0.4, 0.5) is 0 Å². The van der Waals surface area contributed by atoms with Gasteiger partial charge in [0.05, 0.1) is 31.3 Å². The SMILES string of the molecule is CC.CN1CCN(Cc2cc3c(=O)n(C)cc(-c4ccncc4OC4CCOC4)c3o2)CC1. The van der Waals surface area contributed by atoms with Crippen LogP contribution in [0.1, 0.15) is 26.0 Å². The first-order valence-corrected chi connectivity index (χ1v) is 11.8. The highest BCUT2D eigenvalue weighted by Gasteiger charge is 2.23. The van der Waals surface area contributed by atoms with Crippen LogP contribution in [-0.4, -0.2) is 71.9 Å². The third kappa shape index (κ3) is 5.13. The highest BCUT2D eigenvalue weighted by atomic mass is 16.5. The molecule has 33 heavy (non-hydrogen) atoms. The van der Waals surface area contributed by atoms with Gasteiger partial charge in [-0.05, 0) is 19.2 Å². The zero-order chi connectivity index (χ0) is 23.4. The van der Waals surface area contributed by atoms with E-state index >= 15 is 0 Å². The van der Waals surface area contributed by atoms with Crippen LogP contribution >= 0.6 is 0 Å². The Balaban J connectivity index is 0.00000126. The van der Waals surface area contributed by atoms with Gasteiger partial charge in [0.25, 0.3) is 5.56 Å². The average molecular weight is 455 g/mol. The molecular weight excluding hydrogens is 420 g/mol. The van der Waals surface area contributed by atoms with Crippen molar-refractivity contribution in [2.75, 3.05) is 46.4 Å². The van der Waals surface area contributed by atoms with Crippen LogP contribution in [0.3, 0.4) is 0 Å². The number of aromatic nitrogens is 2. The highest BCUT2D eigenvalue weighted by Crippen LogP contribution is 2.35. The van der Waals surface area contributed by atoms with E-state index in [1.54, 1.807) is 24.0 Å². The van der Waals surface area contributed by atoms with Gasteiger partial charge in [0.1, 0.15) is 23.2 Å². The molecule has 2 aliphatic rings. The van der Waals surface area contributed by atoms with Crippen LogP contribution in [0.15, 0.2) is 39.9 Å². The van der Waals surface area contributed by atoms with Gasteiger partial charge in [0.15, 0.2) is 0 Å². The first-order chi connectivity index (χ1) is 16.1. The van der Waals surface area contributed by atoms with Gasteiger partial charge in [-0.2, -0.15) is 0 Å². The van der Waals surface area contributed by atoms with E-state index in [4.69, 9.17) is 13.9 Å². The van der Waals surface area contributed by atoms with Gasteiger partial charge in [-0.3, -0.25) is 14.7 Å². The number of likely N-dealkylation sites (N-methyl/N-ethyl adjacent to an activating group) is 1. The Kier molecular flexibility index (Phi) is 7.47. The number of ether oxygens (including phenoxy) is 2. The minimum atomic E-state index is -0.0622. The number of furan rings is 1. The van der Waals surface area contributed by atoms with Crippen molar-refractivity contribution in [1.82, 2.24) is 19.4 Å². The summed E-state index contributed by atoms with van der Waals surface area (Å²) in [6.45, 7) is 10.0. The molecule has 0 aromatic carbocycles. The molecule has 0 amide bonds. The van der Waals surface area contributed by atoms with Crippen molar-refractivity contribution in [2.24, 2.45) is 7.05 Å². The van der Waals surface area contributed by atoms with Gasteiger partial charge >= 0.3 is 0 Å². The lowest BCUT2D eigenvalue weighted by Crippen LogP contribution is -2.43. The van der Waals surface area contributed by atoms with Gasteiger partial charge in [-0.25, -0.2) is 0 Å². The molecule has 2 saturated heterocycles. The van der Waals surface area contributed by atoms with Crippen LogP contribution in [0.2, 0.25) is 0 Å². The van der Waals surface area contributed by atoms with Gasteiger partial charge < -0.3 is 23.4 Å². The molecule has 1 atom stereocenters. The molecule has 0 N–H and O–H groups in total. The fourth-order valence-electron chi connectivity index (χ4n) is 4.28. The predicted molar refractivity (Wildman–Crippen MR) is 129 cm³/mol. The van der Waals surface area contributed by atoms with E-state index in [1.807, 2.05) is 32.2 Å². The van der Waals surface area contributed by atoms with Crippen molar-refractivity contribution >= 4 is 11.0 Å². The Bertz CT molecular complexity index is 1130. The standard InChI is InChI=1S/C23H28N4O4.C2H6/c1-25-6-8-27(9-7-25)13-17-11-19-22(31-17)20(14-26(2)23(19)28)18-3-5-24-12-21(18)30-16-4-10-29-15-16;1-2/h3,5,11-12,14,16H,4,6-10,13,15H2,1-2H3;1-2H3. The zero-order valence-electron chi connectivity index (χ0n) is 20.0. The number of piperazine rings is 1. The molecule has 0 radical (unpaired) electrons. The van der Waals surface area contributed by atoms with Gasteiger partial charge in [-0.15, -0.1) is 0 Å². The Morgan fingerprint density at radius 3 is 2.67 bits per heavy atom. The second-order valence-corrected chi connectivity index (χ2v) is 8.47. The van der Waals surface area contributed by atoms with Crippen molar-refractivity contribution in [3.63, 3.8) is 0 Å². The summed E-state index contributed by atoms with van der Waals surface area (Å²) in [5, 5.41) is 0.594. The fraction of sp³-hybridized carbons (Fsp3) is 0.520. The Hall–Kier alpha value is -2.68. The third-order valence-corrected chi connectivity index (χ3v) is 6.13. The van der Waals surface area contributed by atoms with E-state index in [2.05, 4.69) is 21.8 Å². The van der Waals surface area contributed by atoms with Crippen LogP contribution in [-0.2, 0) is 18.3 Å². The minimum Gasteiger partial charge on any atom is -0.486 e. The second kappa shape index (κ2) is 10.5. The van der Waals surface area contributed by atoms with Gasteiger partial charge in [0, 0.05) is 63.2 Å². The van der Waals surface area contributed by atoms with Crippen molar-refractivity contribution in [3.05, 3.63) is 46.8 Å². The number of nitrogens with zero attached hydrogens (tertiary/aromatic N) is 4. The number of hydrogen-bond donors (Lipinski definition) is 0. The predicted octanol–water partition coefficient (Wildman–Crippen LogP) is 3.13. The monoisotopic (exact) mass is 454 g/mol. The van der Waals surface area contributed by atoms with E-state index in [1.165, 1.54) is 0 Å². The number of hydrogen-bond acceptors (Lipinski definition) is 7. The Labute approximate surface area is 194 Å². The lowest BCUT2D eigenvalue weighted by molar-refractivity contribution is 0.141. The molecule has 5 rings (SSSR count). The molecule has 3 aromatic heterocycles. The van der Waals surface area contributed by atoms with Crippen LogP contribution in [0, 0.1) is 0 Å².